The zero-order valence-electron chi connectivity index (χ0n) is 15.7. The van der Waals surface area contributed by atoms with E-state index in [1.54, 1.807) is 6.20 Å². The number of hydrogen-bond donors (Lipinski definition) is 0. The van der Waals surface area contributed by atoms with Crippen molar-refractivity contribution >= 4 is 16.6 Å². The first-order valence-corrected chi connectivity index (χ1v) is 9.57. The van der Waals surface area contributed by atoms with E-state index in [1.807, 2.05) is 6.92 Å². The Balaban J connectivity index is 1.66. The molecule has 5 heteroatoms. The van der Waals surface area contributed by atoms with Crippen molar-refractivity contribution in [1.82, 2.24) is 4.98 Å². The third-order valence-corrected chi connectivity index (χ3v) is 6.03. The molecule has 1 spiro atoms. The van der Waals surface area contributed by atoms with E-state index in [4.69, 9.17) is 4.74 Å². The average Bonchev–Trinajstić information content (AvgIpc) is 3.05. The van der Waals surface area contributed by atoms with Crippen LogP contribution in [-0.2, 0) is 16.8 Å². The van der Waals surface area contributed by atoms with Gasteiger partial charge in [0.15, 0.2) is 0 Å². The lowest BCUT2D eigenvalue weighted by Gasteiger charge is -2.42. The Morgan fingerprint density at radius 1 is 1.29 bits per heavy atom. The first-order chi connectivity index (χ1) is 13.6. The molecule has 1 atom stereocenters. The number of ether oxygens (including phenoxy) is 1. The lowest BCUT2D eigenvalue weighted by Crippen LogP contribution is -2.49. The van der Waals surface area contributed by atoms with Gasteiger partial charge in [0, 0.05) is 18.1 Å². The number of morpholine rings is 1. The van der Waals surface area contributed by atoms with Crippen LogP contribution in [0.1, 0.15) is 28.7 Å². The minimum atomic E-state index is -0.375. The highest BCUT2D eigenvalue weighted by atomic mass is 19.1. The fourth-order valence-electron chi connectivity index (χ4n) is 4.79. The Bertz CT molecular complexity index is 1130. The normalized spacial score (nSPS) is 21.1. The highest BCUT2D eigenvalue weighted by Crippen LogP contribution is 2.44. The van der Waals surface area contributed by atoms with Crippen LogP contribution < -0.4 is 4.90 Å². The highest BCUT2D eigenvalue weighted by Gasteiger charge is 2.44. The Morgan fingerprint density at radius 3 is 3.00 bits per heavy atom. The van der Waals surface area contributed by atoms with Crippen molar-refractivity contribution in [3.05, 3.63) is 70.7 Å². The van der Waals surface area contributed by atoms with Crippen LogP contribution in [0.3, 0.4) is 0 Å². The van der Waals surface area contributed by atoms with E-state index in [0.29, 0.717) is 30.6 Å². The van der Waals surface area contributed by atoms with E-state index in [1.165, 1.54) is 23.3 Å². The second-order valence-electron chi connectivity index (χ2n) is 7.67. The summed E-state index contributed by atoms with van der Waals surface area (Å²) in [5, 5.41) is 10.4. The predicted molar refractivity (Wildman–Crippen MR) is 106 cm³/mol. The van der Waals surface area contributed by atoms with Crippen LogP contribution in [-0.4, -0.2) is 24.7 Å². The van der Waals surface area contributed by atoms with Crippen LogP contribution in [0.25, 0.3) is 10.9 Å². The largest absolute Gasteiger partial charge is 0.367 e. The molecule has 1 saturated heterocycles. The summed E-state index contributed by atoms with van der Waals surface area (Å²) in [4.78, 5) is 6.61. The molecule has 0 amide bonds. The van der Waals surface area contributed by atoms with E-state index >= 15 is 0 Å². The summed E-state index contributed by atoms with van der Waals surface area (Å²) < 4.78 is 20.5. The maximum atomic E-state index is 14.2. The van der Waals surface area contributed by atoms with Crippen molar-refractivity contribution in [2.75, 3.05) is 24.6 Å². The van der Waals surface area contributed by atoms with Crippen molar-refractivity contribution in [3.8, 4) is 6.07 Å². The third-order valence-electron chi connectivity index (χ3n) is 6.03. The Morgan fingerprint density at radius 2 is 2.14 bits per heavy atom. The van der Waals surface area contributed by atoms with Crippen LogP contribution in [0.2, 0.25) is 0 Å². The molecule has 1 aliphatic heterocycles. The van der Waals surface area contributed by atoms with E-state index in [-0.39, 0.29) is 11.4 Å². The second kappa shape index (κ2) is 6.29. The third kappa shape index (κ3) is 2.49. The van der Waals surface area contributed by atoms with Gasteiger partial charge >= 0.3 is 0 Å². The molecule has 1 aliphatic carbocycles. The zero-order chi connectivity index (χ0) is 19.3. The number of halogens is 1. The molecule has 5 rings (SSSR count). The number of pyridine rings is 1. The average molecular weight is 373 g/mol. The summed E-state index contributed by atoms with van der Waals surface area (Å²) in [7, 11) is 0. The van der Waals surface area contributed by atoms with Crippen molar-refractivity contribution in [3.63, 3.8) is 0 Å². The summed E-state index contributed by atoms with van der Waals surface area (Å²) in [5.74, 6) is -0.308. The molecule has 0 bridgehead atoms. The van der Waals surface area contributed by atoms with Gasteiger partial charge in [-0.05, 0) is 48.6 Å². The smallest absolute Gasteiger partial charge is 0.124 e. The molecule has 2 heterocycles. The fraction of sp³-hybridized carbons (Fsp3) is 0.304. The number of aromatic nitrogens is 1. The van der Waals surface area contributed by atoms with Crippen LogP contribution in [0.15, 0.2) is 42.6 Å². The van der Waals surface area contributed by atoms with Gasteiger partial charge in [0.25, 0.3) is 0 Å². The van der Waals surface area contributed by atoms with Crippen molar-refractivity contribution in [2.24, 2.45) is 0 Å². The summed E-state index contributed by atoms with van der Waals surface area (Å²) in [6.07, 6.45) is 3.51. The Kier molecular flexibility index (Phi) is 3.85. The summed E-state index contributed by atoms with van der Waals surface area (Å²) >= 11 is 0. The van der Waals surface area contributed by atoms with Gasteiger partial charge in [-0.25, -0.2) is 4.39 Å². The lowest BCUT2D eigenvalue weighted by atomic mass is 9.92. The number of anilines is 1. The monoisotopic (exact) mass is 373 g/mol. The van der Waals surface area contributed by atoms with E-state index in [9.17, 15) is 9.65 Å². The SMILES string of the molecule is Cc1cc(F)cc2c(N3CCOC4(CCc5ccccc54)C3)c(C#N)cnc12. The number of rotatable bonds is 1. The maximum Gasteiger partial charge on any atom is 0.124 e. The van der Waals surface area contributed by atoms with Gasteiger partial charge in [-0.15, -0.1) is 0 Å². The van der Waals surface area contributed by atoms with Gasteiger partial charge in [-0.1, -0.05) is 24.3 Å². The molecule has 1 fully saturated rings. The molecule has 0 saturated carbocycles. The Hall–Kier alpha value is -2.97. The number of nitriles is 1. The van der Waals surface area contributed by atoms with Crippen molar-refractivity contribution in [2.45, 2.75) is 25.4 Å². The molecule has 2 aromatic carbocycles. The zero-order valence-corrected chi connectivity index (χ0v) is 15.7. The van der Waals surface area contributed by atoms with Gasteiger partial charge in [0.1, 0.15) is 17.5 Å². The first-order valence-electron chi connectivity index (χ1n) is 9.57. The Labute approximate surface area is 163 Å². The molecule has 28 heavy (non-hydrogen) atoms. The van der Waals surface area contributed by atoms with Crippen LogP contribution in [0, 0.1) is 24.1 Å². The van der Waals surface area contributed by atoms with Crippen LogP contribution in [0.4, 0.5) is 10.1 Å². The van der Waals surface area contributed by atoms with Gasteiger partial charge in [0.05, 0.1) is 29.9 Å². The van der Waals surface area contributed by atoms with Crippen molar-refractivity contribution < 1.29 is 9.13 Å². The molecule has 4 nitrogen and oxygen atoms in total. The molecule has 3 aromatic rings. The maximum absolute atomic E-state index is 14.2. The summed E-state index contributed by atoms with van der Waals surface area (Å²) in [5.41, 5.74) is 4.94. The predicted octanol–water partition coefficient (Wildman–Crippen LogP) is 4.23. The van der Waals surface area contributed by atoms with Gasteiger partial charge < -0.3 is 9.64 Å². The van der Waals surface area contributed by atoms with Crippen LogP contribution >= 0.6 is 0 Å². The lowest BCUT2D eigenvalue weighted by molar-refractivity contribution is -0.0591. The van der Waals surface area contributed by atoms with Gasteiger partial charge in [-0.2, -0.15) is 5.26 Å². The van der Waals surface area contributed by atoms with E-state index in [0.717, 1.165) is 29.6 Å². The number of hydrogen-bond acceptors (Lipinski definition) is 4. The second-order valence-corrected chi connectivity index (χ2v) is 7.67. The van der Waals surface area contributed by atoms with Crippen molar-refractivity contribution in [1.29, 1.82) is 5.26 Å². The molecule has 2 aliphatic rings. The first kappa shape index (κ1) is 17.2. The minimum absolute atomic E-state index is 0.308. The van der Waals surface area contributed by atoms with Gasteiger partial charge in [0.2, 0.25) is 0 Å². The molecular formula is C23H20FN3O. The number of fused-ring (bicyclic) bond motifs is 3. The number of benzene rings is 2. The quantitative estimate of drug-likeness (QED) is 0.640. The molecule has 1 aromatic heterocycles. The summed E-state index contributed by atoms with van der Waals surface area (Å²) in [6, 6.07) is 13.7. The molecule has 1 unspecified atom stereocenters. The molecule has 0 N–H and O–H groups in total. The topological polar surface area (TPSA) is 49.1 Å². The van der Waals surface area contributed by atoms with Crippen LogP contribution in [0.5, 0.6) is 0 Å². The number of nitrogens with zero attached hydrogens (tertiary/aromatic N) is 3. The van der Waals surface area contributed by atoms with E-state index in [2.05, 4.69) is 40.2 Å². The standard InChI is InChI=1S/C23H20FN3O/c1-15-10-18(24)11-19-21(15)26-13-17(12-25)22(19)27-8-9-28-23(14-27)7-6-16-4-2-3-5-20(16)23/h2-5,10-11,13H,6-9,14H2,1H3. The molecule has 0 radical (unpaired) electrons. The number of aryl methyl sites for hydroxylation is 2. The van der Waals surface area contributed by atoms with E-state index < -0.39 is 0 Å². The molecular weight excluding hydrogens is 353 g/mol. The summed E-state index contributed by atoms with van der Waals surface area (Å²) in [6.45, 7) is 3.72. The minimum Gasteiger partial charge on any atom is -0.367 e. The fourth-order valence-corrected chi connectivity index (χ4v) is 4.79. The molecule has 140 valence electrons. The highest BCUT2D eigenvalue weighted by molar-refractivity contribution is 5.96. The van der Waals surface area contributed by atoms with Gasteiger partial charge in [-0.3, -0.25) is 4.98 Å².